The Bertz CT molecular complexity index is 156. The summed E-state index contributed by atoms with van der Waals surface area (Å²) in [5.74, 6) is 0.873. The predicted molar refractivity (Wildman–Crippen MR) is 75.7 cm³/mol. The van der Waals surface area contributed by atoms with Crippen molar-refractivity contribution < 1.29 is 0 Å². The first-order valence-corrected chi connectivity index (χ1v) is 7.11. The molecule has 0 rings (SSSR count). The van der Waals surface area contributed by atoms with Crippen molar-refractivity contribution >= 4 is 0 Å². The van der Waals surface area contributed by atoms with Crippen molar-refractivity contribution in [1.29, 1.82) is 0 Å². The summed E-state index contributed by atoms with van der Waals surface area (Å²) in [6.45, 7) is 6.84. The lowest BCUT2D eigenvalue weighted by Crippen LogP contribution is -1.92. The zero-order valence-electron chi connectivity index (χ0n) is 11.5. The van der Waals surface area contributed by atoms with Gasteiger partial charge in [-0.05, 0) is 44.4 Å². The van der Waals surface area contributed by atoms with Gasteiger partial charge < -0.3 is 0 Å². The summed E-state index contributed by atoms with van der Waals surface area (Å²) >= 11 is 0. The molecule has 0 heteroatoms. The molecule has 0 aromatic rings. The molecular formula is C16H30. The highest BCUT2D eigenvalue weighted by Crippen LogP contribution is 2.13. The summed E-state index contributed by atoms with van der Waals surface area (Å²) in [4.78, 5) is 0. The summed E-state index contributed by atoms with van der Waals surface area (Å²) in [6.07, 6.45) is 19.6. The molecule has 0 fully saturated rings. The average molecular weight is 222 g/mol. The molecule has 0 aromatic carbocycles. The Labute approximate surface area is 103 Å². The molecule has 0 unspecified atom stereocenters. The van der Waals surface area contributed by atoms with Crippen molar-refractivity contribution in [3.8, 4) is 0 Å². The van der Waals surface area contributed by atoms with E-state index in [1.165, 1.54) is 51.4 Å². The molecule has 0 aliphatic carbocycles. The Morgan fingerprint density at radius 3 is 1.44 bits per heavy atom. The first-order chi connectivity index (χ1) is 7.81. The number of hydrogen-bond donors (Lipinski definition) is 0. The highest BCUT2D eigenvalue weighted by molar-refractivity contribution is 4.83. The second-order valence-corrected chi connectivity index (χ2v) is 4.78. The summed E-state index contributed by atoms with van der Waals surface area (Å²) < 4.78 is 0. The van der Waals surface area contributed by atoms with Crippen LogP contribution in [0.4, 0.5) is 0 Å². The lowest BCUT2D eigenvalue weighted by molar-refractivity contribution is 0.501. The maximum atomic E-state index is 2.38. The molecule has 16 heavy (non-hydrogen) atoms. The molecule has 0 amide bonds. The summed E-state index contributed by atoms with van der Waals surface area (Å²) in [6, 6.07) is 0. The molecule has 0 bridgehead atoms. The van der Waals surface area contributed by atoms with Crippen molar-refractivity contribution in [1.82, 2.24) is 0 Å². The minimum absolute atomic E-state index is 0.873. The van der Waals surface area contributed by atoms with Crippen LogP contribution < -0.4 is 0 Å². The van der Waals surface area contributed by atoms with Gasteiger partial charge in [0.15, 0.2) is 0 Å². The normalized spacial score (nSPS) is 13.9. The molecule has 0 atom stereocenters. The third-order valence-electron chi connectivity index (χ3n) is 2.90. The number of allylic oxidation sites excluding steroid dienone is 4. The van der Waals surface area contributed by atoms with Crippen LogP contribution in [-0.4, -0.2) is 0 Å². The van der Waals surface area contributed by atoms with Crippen LogP contribution in [-0.2, 0) is 0 Å². The molecule has 0 radical (unpaired) electrons. The topological polar surface area (TPSA) is 0 Å². The zero-order valence-corrected chi connectivity index (χ0v) is 11.5. The van der Waals surface area contributed by atoms with Crippen molar-refractivity contribution in [2.24, 2.45) is 5.92 Å². The van der Waals surface area contributed by atoms with E-state index in [4.69, 9.17) is 0 Å². The molecular weight excluding hydrogens is 192 g/mol. The second kappa shape index (κ2) is 12.5. The summed E-state index contributed by atoms with van der Waals surface area (Å²) in [5, 5.41) is 0. The van der Waals surface area contributed by atoms with Gasteiger partial charge in [0.2, 0.25) is 0 Å². The lowest BCUT2D eigenvalue weighted by atomic mass is 9.99. The van der Waals surface area contributed by atoms with Crippen LogP contribution in [0.3, 0.4) is 0 Å². The molecule has 0 aromatic heterocycles. The highest BCUT2D eigenvalue weighted by Gasteiger charge is 1.98. The molecule has 0 saturated heterocycles. The fraction of sp³-hybridized carbons (Fsp3) is 0.750. The number of rotatable bonds is 10. The smallest absolute Gasteiger partial charge is 0.0348 e. The highest BCUT2D eigenvalue weighted by atomic mass is 14.0. The van der Waals surface area contributed by atoms with Gasteiger partial charge in [-0.2, -0.15) is 0 Å². The van der Waals surface area contributed by atoms with E-state index in [-0.39, 0.29) is 0 Å². The predicted octanol–water partition coefficient (Wildman–Crippen LogP) is 5.90. The van der Waals surface area contributed by atoms with Gasteiger partial charge >= 0.3 is 0 Å². The SMILES string of the molecule is CCCC=CCCC(C)CCC=CCCC. The van der Waals surface area contributed by atoms with Crippen molar-refractivity contribution in [3.63, 3.8) is 0 Å². The average Bonchev–Trinajstić information content (AvgIpc) is 2.28. The minimum atomic E-state index is 0.873. The van der Waals surface area contributed by atoms with Gasteiger partial charge in [0.1, 0.15) is 0 Å². The third kappa shape index (κ3) is 11.6. The molecule has 0 aliphatic heterocycles. The van der Waals surface area contributed by atoms with E-state index in [9.17, 15) is 0 Å². The van der Waals surface area contributed by atoms with E-state index in [2.05, 4.69) is 45.1 Å². The van der Waals surface area contributed by atoms with Gasteiger partial charge in [0.05, 0.1) is 0 Å². The van der Waals surface area contributed by atoms with Gasteiger partial charge in [-0.25, -0.2) is 0 Å². The number of unbranched alkanes of at least 4 members (excludes halogenated alkanes) is 2. The lowest BCUT2D eigenvalue weighted by Gasteiger charge is -2.07. The Morgan fingerprint density at radius 2 is 1.06 bits per heavy atom. The maximum Gasteiger partial charge on any atom is -0.0348 e. The quantitative estimate of drug-likeness (QED) is 0.404. The van der Waals surface area contributed by atoms with Crippen LogP contribution in [0, 0.1) is 5.92 Å². The Morgan fingerprint density at radius 1 is 0.688 bits per heavy atom. The van der Waals surface area contributed by atoms with Gasteiger partial charge in [-0.15, -0.1) is 0 Å². The van der Waals surface area contributed by atoms with Crippen molar-refractivity contribution in [3.05, 3.63) is 24.3 Å². The van der Waals surface area contributed by atoms with E-state index in [1.54, 1.807) is 0 Å². The second-order valence-electron chi connectivity index (χ2n) is 4.78. The third-order valence-corrected chi connectivity index (χ3v) is 2.90. The molecule has 0 heterocycles. The summed E-state index contributed by atoms with van der Waals surface area (Å²) in [7, 11) is 0. The molecule has 0 N–H and O–H groups in total. The first-order valence-electron chi connectivity index (χ1n) is 7.11. The first kappa shape index (κ1) is 15.5. The van der Waals surface area contributed by atoms with Crippen LogP contribution in [0.15, 0.2) is 24.3 Å². The summed E-state index contributed by atoms with van der Waals surface area (Å²) in [5.41, 5.74) is 0. The van der Waals surface area contributed by atoms with Crippen LogP contribution in [0.1, 0.15) is 72.1 Å². The molecule has 94 valence electrons. The standard InChI is InChI=1S/C16H30/c1-4-6-8-10-12-14-16(3)15-13-11-9-7-5-2/h8-11,16H,4-7,12-15H2,1-3H3. The fourth-order valence-electron chi connectivity index (χ4n) is 1.71. The maximum absolute atomic E-state index is 2.38. The fourth-order valence-corrected chi connectivity index (χ4v) is 1.71. The van der Waals surface area contributed by atoms with Crippen LogP contribution in [0.25, 0.3) is 0 Å². The largest absolute Gasteiger partial charge is 0.0885 e. The van der Waals surface area contributed by atoms with Crippen LogP contribution in [0.2, 0.25) is 0 Å². The minimum Gasteiger partial charge on any atom is -0.0885 e. The van der Waals surface area contributed by atoms with Crippen molar-refractivity contribution in [2.75, 3.05) is 0 Å². The van der Waals surface area contributed by atoms with Crippen molar-refractivity contribution in [2.45, 2.75) is 72.1 Å². The van der Waals surface area contributed by atoms with E-state index in [0.29, 0.717) is 0 Å². The number of hydrogen-bond acceptors (Lipinski definition) is 0. The Balaban J connectivity index is 3.33. The van der Waals surface area contributed by atoms with Gasteiger partial charge in [-0.1, -0.05) is 57.9 Å². The van der Waals surface area contributed by atoms with E-state index in [0.717, 1.165) is 5.92 Å². The molecule has 0 saturated carbocycles. The van der Waals surface area contributed by atoms with Gasteiger partial charge in [0.25, 0.3) is 0 Å². The Kier molecular flexibility index (Phi) is 12.1. The van der Waals surface area contributed by atoms with Crippen LogP contribution in [0.5, 0.6) is 0 Å². The molecule has 0 aliphatic rings. The van der Waals surface area contributed by atoms with E-state index < -0.39 is 0 Å². The monoisotopic (exact) mass is 222 g/mol. The van der Waals surface area contributed by atoms with Gasteiger partial charge in [-0.3, -0.25) is 0 Å². The van der Waals surface area contributed by atoms with Gasteiger partial charge in [0, 0.05) is 0 Å². The van der Waals surface area contributed by atoms with Crippen LogP contribution >= 0.6 is 0 Å². The zero-order chi connectivity index (χ0) is 12.1. The molecule has 0 nitrogen and oxygen atoms in total. The van der Waals surface area contributed by atoms with E-state index in [1.807, 2.05) is 0 Å². The molecule has 0 spiro atoms. The Hall–Kier alpha value is -0.520. The van der Waals surface area contributed by atoms with E-state index >= 15 is 0 Å².